The number of morpholine rings is 1. The number of nitrogen functional groups attached to an aromatic ring is 1. The van der Waals surface area contributed by atoms with Gasteiger partial charge in [-0.15, -0.1) is 0 Å². The second-order valence-corrected chi connectivity index (χ2v) is 7.45. The van der Waals surface area contributed by atoms with Crippen molar-refractivity contribution in [3.05, 3.63) is 35.6 Å². The Labute approximate surface area is 165 Å². The van der Waals surface area contributed by atoms with Crippen molar-refractivity contribution >= 4 is 46.2 Å². The van der Waals surface area contributed by atoms with E-state index in [9.17, 15) is 0 Å². The summed E-state index contributed by atoms with van der Waals surface area (Å²) in [5, 5.41) is 1.18. The van der Waals surface area contributed by atoms with Crippen LogP contribution < -0.4 is 16.4 Å². The van der Waals surface area contributed by atoms with Gasteiger partial charge in [-0.3, -0.25) is 0 Å². The van der Waals surface area contributed by atoms with Crippen LogP contribution in [0.15, 0.2) is 40.5 Å². The van der Waals surface area contributed by atoms with Crippen LogP contribution in [0.4, 0.5) is 11.6 Å². The summed E-state index contributed by atoms with van der Waals surface area (Å²) in [6.07, 6.45) is 3.37. The Morgan fingerprint density at radius 2 is 2.15 bits per heavy atom. The number of pyridine rings is 2. The van der Waals surface area contributed by atoms with Gasteiger partial charge in [0.15, 0.2) is 5.65 Å². The van der Waals surface area contributed by atoms with E-state index in [1.165, 1.54) is 11.8 Å². The Balaban J connectivity index is 1.58. The van der Waals surface area contributed by atoms with Gasteiger partial charge in [-0.1, -0.05) is 23.4 Å². The standard InChI is InChI=1S/C17H18ClN7OS/c18-15-12(3-4-21-16(15)20)27-14-2-1-11-17(24-14)22-8-13(23-11)25-5-6-26-10(7-19)9-25/h1-4,8,10H,5-7,9,19H2,(H2,20,21). The Hall–Kier alpha value is -2.20. The van der Waals surface area contributed by atoms with E-state index in [0.29, 0.717) is 36.2 Å². The quantitative estimate of drug-likeness (QED) is 0.674. The third kappa shape index (κ3) is 3.91. The molecule has 0 bridgehead atoms. The molecule has 1 aliphatic heterocycles. The first kappa shape index (κ1) is 18.2. The van der Waals surface area contributed by atoms with Crippen molar-refractivity contribution in [3.63, 3.8) is 0 Å². The molecule has 1 unspecified atom stereocenters. The van der Waals surface area contributed by atoms with Crippen LogP contribution in [0, 0.1) is 0 Å². The molecule has 8 nitrogen and oxygen atoms in total. The maximum atomic E-state index is 6.20. The average molecular weight is 404 g/mol. The summed E-state index contributed by atoms with van der Waals surface area (Å²) in [5.41, 5.74) is 12.8. The molecule has 10 heteroatoms. The van der Waals surface area contributed by atoms with E-state index in [4.69, 9.17) is 27.8 Å². The summed E-state index contributed by atoms with van der Waals surface area (Å²) >= 11 is 7.61. The Kier molecular flexibility index (Phi) is 5.26. The SMILES string of the molecule is NCC1CN(c2cnc3nc(Sc4ccnc(N)c4Cl)ccc3n2)CCO1. The molecule has 0 spiro atoms. The molecule has 0 amide bonds. The third-order valence-corrected chi connectivity index (χ3v) is 5.69. The number of fused-ring (bicyclic) bond motifs is 1. The molecule has 1 aliphatic rings. The van der Waals surface area contributed by atoms with Crippen molar-refractivity contribution in [1.29, 1.82) is 0 Å². The number of rotatable bonds is 4. The summed E-state index contributed by atoms with van der Waals surface area (Å²) in [7, 11) is 0. The molecule has 1 saturated heterocycles. The van der Waals surface area contributed by atoms with Crippen LogP contribution in [0.5, 0.6) is 0 Å². The van der Waals surface area contributed by atoms with Gasteiger partial charge in [0.05, 0.1) is 23.9 Å². The highest BCUT2D eigenvalue weighted by molar-refractivity contribution is 7.99. The highest BCUT2D eigenvalue weighted by Gasteiger charge is 2.21. The molecule has 0 aliphatic carbocycles. The van der Waals surface area contributed by atoms with E-state index in [1.807, 2.05) is 12.1 Å². The Bertz CT molecular complexity index is 973. The van der Waals surface area contributed by atoms with Gasteiger partial charge >= 0.3 is 0 Å². The zero-order valence-corrected chi connectivity index (χ0v) is 16.0. The Morgan fingerprint density at radius 3 is 3.00 bits per heavy atom. The number of anilines is 2. The molecule has 0 radical (unpaired) electrons. The van der Waals surface area contributed by atoms with Gasteiger partial charge in [-0.2, -0.15) is 0 Å². The summed E-state index contributed by atoms with van der Waals surface area (Å²) < 4.78 is 5.60. The molecule has 3 aromatic heterocycles. The minimum absolute atomic E-state index is 0.0192. The summed E-state index contributed by atoms with van der Waals surface area (Å²) in [4.78, 5) is 20.6. The zero-order valence-electron chi connectivity index (χ0n) is 14.4. The third-order valence-electron chi connectivity index (χ3n) is 4.19. The van der Waals surface area contributed by atoms with Gasteiger partial charge in [-0.25, -0.2) is 19.9 Å². The summed E-state index contributed by atoms with van der Waals surface area (Å²) in [6, 6.07) is 5.59. The molecule has 0 aromatic carbocycles. The van der Waals surface area contributed by atoms with Crippen LogP contribution in [-0.2, 0) is 4.74 Å². The van der Waals surface area contributed by atoms with Gasteiger partial charge in [-0.05, 0) is 18.2 Å². The number of halogens is 1. The second kappa shape index (κ2) is 7.81. The second-order valence-electron chi connectivity index (χ2n) is 6.01. The largest absolute Gasteiger partial charge is 0.382 e. The fraction of sp³-hybridized carbons (Fsp3) is 0.294. The molecule has 4 N–H and O–H groups in total. The number of hydrogen-bond donors (Lipinski definition) is 2. The monoisotopic (exact) mass is 403 g/mol. The molecule has 1 atom stereocenters. The molecule has 27 heavy (non-hydrogen) atoms. The zero-order chi connectivity index (χ0) is 18.8. The van der Waals surface area contributed by atoms with E-state index in [0.717, 1.165) is 27.8 Å². The van der Waals surface area contributed by atoms with Crippen LogP contribution in [0.1, 0.15) is 0 Å². The fourth-order valence-electron chi connectivity index (χ4n) is 2.79. The number of hydrogen-bond acceptors (Lipinski definition) is 9. The molecule has 3 aromatic rings. The van der Waals surface area contributed by atoms with Gasteiger partial charge in [0, 0.05) is 30.7 Å². The van der Waals surface area contributed by atoms with E-state index in [2.05, 4.69) is 24.8 Å². The predicted octanol–water partition coefficient (Wildman–Crippen LogP) is 1.97. The van der Waals surface area contributed by atoms with Gasteiger partial charge in [0.1, 0.15) is 22.2 Å². The van der Waals surface area contributed by atoms with Crippen molar-refractivity contribution in [2.45, 2.75) is 16.0 Å². The van der Waals surface area contributed by atoms with Crippen LogP contribution in [0.2, 0.25) is 5.02 Å². The van der Waals surface area contributed by atoms with Gasteiger partial charge in [0.25, 0.3) is 0 Å². The summed E-state index contributed by atoms with van der Waals surface area (Å²) in [6.45, 7) is 2.59. The average Bonchev–Trinajstić information content (AvgIpc) is 2.71. The lowest BCUT2D eigenvalue weighted by atomic mass is 10.2. The number of aromatic nitrogens is 4. The normalized spacial score (nSPS) is 17.4. The van der Waals surface area contributed by atoms with Crippen molar-refractivity contribution in [3.8, 4) is 0 Å². The van der Waals surface area contributed by atoms with E-state index in [1.54, 1.807) is 18.5 Å². The highest BCUT2D eigenvalue weighted by Crippen LogP contribution is 2.34. The van der Waals surface area contributed by atoms with E-state index in [-0.39, 0.29) is 6.10 Å². The minimum Gasteiger partial charge on any atom is -0.382 e. The first-order valence-corrected chi connectivity index (χ1v) is 9.61. The van der Waals surface area contributed by atoms with Crippen LogP contribution in [-0.4, -0.2) is 52.3 Å². The molecular formula is C17H18ClN7OS. The molecular weight excluding hydrogens is 386 g/mol. The molecule has 4 heterocycles. The van der Waals surface area contributed by atoms with Gasteiger partial charge in [0.2, 0.25) is 0 Å². The number of ether oxygens (including phenoxy) is 1. The van der Waals surface area contributed by atoms with Crippen molar-refractivity contribution in [2.75, 3.05) is 36.9 Å². The van der Waals surface area contributed by atoms with Crippen molar-refractivity contribution in [2.24, 2.45) is 5.73 Å². The fourth-order valence-corrected chi connectivity index (χ4v) is 3.83. The number of nitrogens with zero attached hydrogens (tertiary/aromatic N) is 5. The molecule has 1 fully saturated rings. The predicted molar refractivity (Wildman–Crippen MR) is 106 cm³/mol. The smallest absolute Gasteiger partial charge is 0.179 e. The van der Waals surface area contributed by atoms with Crippen LogP contribution >= 0.6 is 23.4 Å². The molecule has 4 rings (SSSR count). The summed E-state index contributed by atoms with van der Waals surface area (Å²) in [5.74, 6) is 1.10. The van der Waals surface area contributed by atoms with Crippen molar-refractivity contribution in [1.82, 2.24) is 19.9 Å². The lowest BCUT2D eigenvalue weighted by molar-refractivity contribution is 0.0463. The van der Waals surface area contributed by atoms with Crippen LogP contribution in [0.3, 0.4) is 0 Å². The molecule has 140 valence electrons. The lowest BCUT2D eigenvalue weighted by Gasteiger charge is -2.32. The van der Waals surface area contributed by atoms with Crippen LogP contribution in [0.25, 0.3) is 11.2 Å². The maximum absolute atomic E-state index is 6.20. The maximum Gasteiger partial charge on any atom is 0.179 e. The van der Waals surface area contributed by atoms with E-state index < -0.39 is 0 Å². The highest BCUT2D eigenvalue weighted by atomic mass is 35.5. The van der Waals surface area contributed by atoms with Crippen molar-refractivity contribution < 1.29 is 4.74 Å². The molecule has 0 saturated carbocycles. The lowest BCUT2D eigenvalue weighted by Crippen LogP contribution is -2.46. The minimum atomic E-state index is 0.0192. The topological polar surface area (TPSA) is 116 Å². The van der Waals surface area contributed by atoms with E-state index >= 15 is 0 Å². The first-order valence-electron chi connectivity index (χ1n) is 8.42. The van der Waals surface area contributed by atoms with Gasteiger partial charge < -0.3 is 21.1 Å². The first-order chi connectivity index (χ1) is 13.1. The number of nitrogens with two attached hydrogens (primary N) is 2. The Morgan fingerprint density at radius 1 is 1.26 bits per heavy atom.